The first-order chi connectivity index (χ1) is 20.5. The van der Waals surface area contributed by atoms with Gasteiger partial charge in [0.15, 0.2) is 5.72 Å². The van der Waals surface area contributed by atoms with Crippen molar-refractivity contribution in [3.05, 3.63) is 99.1 Å². The number of hydrogen-bond donors (Lipinski definition) is 3. The molecule has 2 heterocycles. The molecule has 2 aromatic carbocycles. The Bertz CT molecular complexity index is 1640. The molecule has 8 nitrogen and oxygen atoms in total. The number of benzene rings is 2. The molecular weight excluding hydrogens is 580 g/mol. The van der Waals surface area contributed by atoms with E-state index in [9.17, 15) is 25.4 Å². The van der Waals surface area contributed by atoms with E-state index in [0.29, 0.717) is 34.7 Å². The molecule has 1 fully saturated rings. The zero-order valence-electron chi connectivity index (χ0n) is 25.5. The second kappa shape index (κ2) is 11.0. The van der Waals surface area contributed by atoms with Gasteiger partial charge < -0.3 is 20.1 Å². The molecular formula is C30H33B4ClFN3O5. The van der Waals surface area contributed by atoms with Crippen molar-refractivity contribution in [2.24, 2.45) is 5.41 Å². The highest BCUT2D eigenvalue weighted by molar-refractivity contribution is 6.45. The molecule has 14 heteroatoms. The average molecular weight is 613 g/mol. The van der Waals surface area contributed by atoms with Crippen LogP contribution < -0.4 is 0 Å². The fraction of sp³-hybridized carbons (Fsp3) is 0.367. The van der Waals surface area contributed by atoms with Gasteiger partial charge in [-0.3, -0.25) is 14.7 Å². The van der Waals surface area contributed by atoms with Crippen LogP contribution in [0.2, 0.25) is 5.02 Å². The van der Waals surface area contributed by atoms with Crippen molar-refractivity contribution in [2.45, 2.75) is 54.9 Å². The number of fused-ring (bicyclic) bond motifs is 1. The Morgan fingerprint density at radius 3 is 2.32 bits per heavy atom. The molecule has 1 aromatic heterocycles. The van der Waals surface area contributed by atoms with E-state index in [-0.39, 0.29) is 36.3 Å². The van der Waals surface area contributed by atoms with Gasteiger partial charge in [-0.1, -0.05) is 23.7 Å². The van der Waals surface area contributed by atoms with Gasteiger partial charge in [0, 0.05) is 40.6 Å². The molecule has 1 aliphatic heterocycles. The first-order valence-corrected chi connectivity index (χ1v) is 14.9. The maximum atomic E-state index is 16.7. The van der Waals surface area contributed by atoms with E-state index >= 15 is 4.39 Å². The molecule has 0 bridgehead atoms. The van der Waals surface area contributed by atoms with Gasteiger partial charge in [0.2, 0.25) is 0 Å². The molecule has 1 saturated carbocycles. The quantitative estimate of drug-likeness (QED) is 0.271. The van der Waals surface area contributed by atoms with Crippen molar-refractivity contribution in [3.63, 3.8) is 0 Å². The molecule has 44 heavy (non-hydrogen) atoms. The third kappa shape index (κ3) is 5.17. The summed E-state index contributed by atoms with van der Waals surface area (Å²) in [6, 6.07) is 14.5. The molecule has 1 amide bonds. The average Bonchev–Trinajstić information content (AvgIpc) is 3.75. The summed E-state index contributed by atoms with van der Waals surface area (Å²) < 4.78 is 23.9. The van der Waals surface area contributed by atoms with Crippen molar-refractivity contribution in [2.75, 3.05) is 6.61 Å². The Morgan fingerprint density at radius 1 is 1.14 bits per heavy atom. The number of aliphatic hydroxyl groups excluding tert-OH is 1. The van der Waals surface area contributed by atoms with E-state index in [1.807, 2.05) is 21.8 Å². The molecule has 2 aliphatic rings. The van der Waals surface area contributed by atoms with Gasteiger partial charge in [-0.25, -0.2) is 4.39 Å². The first-order valence-electron chi connectivity index (χ1n) is 14.6. The molecule has 1 unspecified atom stereocenters. The van der Waals surface area contributed by atoms with Crippen LogP contribution in [0.25, 0.3) is 0 Å². The number of aromatic nitrogens is 1. The van der Waals surface area contributed by atoms with Crippen LogP contribution in [-0.4, -0.2) is 79.9 Å². The minimum atomic E-state index is -1.84. The van der Waals surface area contributed by atoms with Crippen LogP contribution in [0.15, 0.2) is 54.7 Å². The molecule has 0 saturated heterocycles. The van der Waals surface area contributed by atoms with Gasteiger partial charge in [0.05, 0.1) is 34.5 Å². The number of ether oxygens (including phenoxy) is 1. The van der Waals surface area contributed by atoms with Crippen molar-refractivity contribution < 1.29 is 29.2 Å². The second-order valence-electron chi connectivity index (χ2n) is 13.1. The molecule has 0 spiro atoms. The lowest BCUT2D eigenvalue weighted by Gasteiger charge is -2.51. The predicted octanol–water partition coefficient (Wildman–Crippen LogP) is -0.178. The minimum absolute atomic E-state index is 0.00860. The number of hydrogen-bond acceptors (Lipinski definition) is 7. The van der Waals surface area contributed by atoms with E-state index in [1.165, 1.54) is 30.2 Å². The van der Waals surface area contributed by atoms with Gasteiger partial charge in [0.1, 0.15) is 43.3 Å². The zero-order valence-corrected chi connectivity index (χ0v) is 26.2. The second-order valence-corrected chi connectivity index (χ2v) is 13.5. The highest BCUT2D eigenvalue weighted by atomic mass is 35.5. The summed E-state index contributed by atoms with van der Waals surface area (Å²) in [7, 11) is 7.13. The maximum Gasteiger partial charge on any atom is 0.257 e. The molecule has 3 N–H and O–H groups in total. The number of pyridine rings is 1. The lowest BCUT2D eigenvalue weighted by Crippen LogP contribution is -2.62. The molecule has 2 atom stereocenters. The van der Waals surface area contributed by atoms with Crippen LogP contribution in [0, 0.1) is 22.6 Å². The van der Waals surface area contributed by atoms with Crippen LogP contribution in [0.1, 0.15) is 64.5 Å². The molecule has 0 radical (unpaired) electrons. The van der Waals surface area contributed by atoms with Crippen LogP contribution in [0.5, 0.6) is 0 Å². The fourth-order valence-corrected chi connectivity index (χ4v) is 6.95. The summed E-state index contributed by atoms with van der Waals surface area (Å²) in [5.41, 5.74) is -2.88. The Hall–Kier alpha value is -3.13. The van der Waals surface area contributed by atoms with Crippen LogP contribution in [0.4, 0.5) is 4.39 Å². The number of aliphatic hydroxyl groups is 3. The SMILES string of the molecule is BC(B)(O)C1(C(B)(B)O[C@]2(c3ccc(Cl)cc3)c3c(F)cc(C(C)(O)CCO)cc3C(=O)N2Cc2ccc(C#N)cn2)CC1. The molecule has 3 aromatic rings. The molecule has 224 valence electrons. The summed E-state index contributed by atoms with van der Waals surface area (Å²) in [5, 5.41) is 39.4. The Labute approximate surface area is 264 Å². The number of amides is 1. The van der Waals surface area contributed by atoms with Crippen molar-refractivity contribution in [3.8, 4) is 6.07 Å². The summed E-state index contributed by atoms with van der Waals surface area (Å²) in [4.78, 5) is 20.3. The van der Waals surface area contributed by atoms with Crippen molar-refractivity contribution in [1.82, 2.24) is 9.88 Å². The zero-order chi connectivity index (χ0) is 32.3. The van der Waals surface area contributed by atoms with Crippen LogP contribution in [0.3, 0.4) is 0 Å². The van der Waals surface area contributed by atoms with Crippen molar-refractivity contribution in [1.29, 1.82) is 5.26 Å². The van der Waals surface area contributed by atoms with E-state index in [4.69, 9.17) is 16.3 Å². The Morgan fingerprint density at radius 2 is 1.80 bits per heavy atom. The summed E-state index contributed by atoms with van der Waals surface area (Å²) >= 11 is 6.28. The van der Waals surface area contributed by atoms with Gasteiger partial charge in [0.25, 0.3) is 5.91 Å². The fourth-order valence-electron chi connectivity index (χ4n) is 6.83. The number of rotatable bonds is 10. The van der Waals surface area contributed by atoms with E-state index in [2.05, 4.69) is 4.98 Å². The monoisotopic (exact) mass is 613 g/mol. The third-order valence-electron chi connectivity index (χ3n) is 9.49. The van der Waals surface area contributed by atoms with Gasteiger partial charge in [-0.2, -0.15) is 5.26 Å². The Balaban J connectivity index is 1.80. The van der Waals surface area contributed by atoms with Gasteiger partial charge >= 0.3 is 0 Å². The predicted molar refractivity (Wildman–Crippen MR) is 173 cm³/mol. The number of carbonyl (C=O) groups is 1. The van der Waals surface area contributed by atoms with Crippen LogP contribution in [-0.2, 0) is 22.6 Å². The molecule has 1 aliphatic carbocycles. The number of nitriles is 1. The van der Waals surface area contributed by atoms with E-state index in [1.54, 1.807) is 52.1 Å². The normalized spacial score (nSPS) is 20.6. The standard InChI is InChI=1S/C30H33B4ClFN3O5/c1-26(42,10-11-40)19-12-22-24(23(36)13-19)28(18-3-5-20(35)6-4-18,44-30(33,34)27(8-9-27)29(31,32)43)39(25(22)41)16-21-7-2-17(14-37)15-38-21/h2-7,12-13,15,40,42-43H,8-11,16,31-34H2,1H3/t26?,28-/m1/s1. The smallest absolute Gasteiger partial charge is 0.257 e. The number of nitrogens with zero attached hydrogens (tertiary/aromatic N) is 3. The maximum absolute atomic E-state index is 16.7. The van der Waals surface area contributed by atoms with Crippen molar-refractivity contribution >= 4 is 48.9 Å². The lowest BCUT2D eigenvalue weighted by molar-refractivity contribution is -0.169. The minimum Gasteiger partial charge on any atom is -0.407 e. The number of carbonyl (C=O) groups excluding carboxylic acids is 1. The largest absolute Gasteiger partial charge is 0.407 e. The summed E-state index contributed by atoms with van der Waals surface area (Å²) in [6.07, 6.45) is 2.64. The molecule has 5 rings (SSSR count). The highest BCUT2D eigenvalue weighted by Crippen LogP contribution is 2.61. The Kier molecular flexibility index (Phi) is 8.10. The topological polar surface area (TPSA) is 127 Å². The summed E-state index contributed by atoms with van der Waals surface area (Å²) in [6.45, 7) is 0.991. The lowest BCUT2D eigenvalue weighted by atomic mass is 9.43. The van der Waals surface area contributed by atoms with E-state index in [0.717, 1.165) is 0 Å². The number of halogens is 2. The van der Waals surface area contributed by atoms with Gasteiger partial charge in [-0.05, 0) is 67.1 Å². The first kappa shape index (κ1) is 32.3. The highest BCUT2D eigenvalue weighted by Gasteiger charge is 2.66. The summed E-state index contributed by atoms with van der Waals surface area (Å²) in [5.74, 6) is -1.34. The van der Waals surface area contributed by atoms with Gasteiger partial charge in [-0.15, -0.1) is 0 Å². The third-order valence-corrected chi connectivity index (χ3v) is 9.74. The van der Waals surface area contributed by atoms with Crippen LogP contribution >= 0.6 is 11.6 Å². The van der Waals surface area contributed by atoms with E-state index < -0.39 is 39.3 Å².